The molecule has 0 saturated carbocycles. The Balaban J connectivity index is 2.05. The van der Waals surface area contributed by atoms with Crippen molar-refractivity contribution in [1.82, 2.24) is 15.0 Å². The van der Waals surface area contributed by atoms with Crippen LogP contribution in [0.1, 0.15) is 0 Å². The number of anilines is 1. The fourth-order valence-corrected chi connectivity index (χ4v) is 3.17. The lowest BCUT2D eigenvalue weighted by Gasteiger charge is -2.11. The molecule has 0 amide bonds. The number of ether oxygens (including phenoxy) is 1. The van der Waals surface area contributed by atoms with Gasteiger partial charge < -0.3 is 4.74 Å². The van der Waals surface area contributed by atoms with Gasteiger partial charge in [0.25, 0.3) is 10.0 Å². The van der Waals surface area contributed by atoms with Gasteiger partial charge in [0.2, 0.25) is 5.88 Å². The van der Waals surface area contributed by atoms with E-state index in [1.165, 1.54) is 13.3 Å². The van der Waals surface area contributed by atoms with E-state index in [1.807, 2.05) is 6.07 Å². The molecule has 0 fully saturated rings. The van der Waals surface area contributed by atoms with Gasteiger partial charge in [-0.25, -0.2) is 9.97 Å². The van der Waals surface area contributed by atoms with E-state index in [0.29, 0.717) is 5.52 Å². The lowest BCUT2D eigenvalue weighted by molar-refractivity contribution is 0.394. The third kappa shape index (κ3) is 3.03. The van der Waals surface area contributed by atoms with Crippen molar-refractivity contribution in [3.63, 3.8) is 0 Å². The predicted molar refractivity (Wildman–Crippen MR) is 86.1 cm³/mol. The summed E-state index contributed by atoms with van der Waals surface area (Å²) >= 11 is 6.12. The van der Waals surface area contributed by atoms with Crippen LogP contribution >= 0.6 is 11.6 Å². The molecule has 2 heterocycles. The Morgan fingerprint density at radius 3 is 2.65 bits per heavy atom. The fraction of sp³-hybridized carbons (Fsp3) is 0.0714. The molecule has 9 heteroatoms. The highest BCUT2D eigenvalue weighted by Crippen LogP contribution is 2.31. The smallest absolute Gasteiger partial charge is 0.281 e. The van der Waals surface area contributed by atoms with Crippen LogP contribution in [0.15, 0.2) is 47.9 Å². The number of rotatable bonds is 4. The largest absolute Gasteiger partial charge is 0.480 e. The molecule has 0 aliphatic rings. The van der Waals surface area contributed by atoms with Crippen LogP contribution in [0.2, 0.25) is 5.02 Å². The second-order valence-electron chi connectivity index (χ2n) is 4.50. The number of nitrogens with one attached hydrogen (secondary N) is 1. The van der Waals surface area contributed by atoms with E-state index in [1.54, 1.807) is 24.4 Å². The molecule has 0 atom stereocenters. The first-order valence-electron chi connectivity index (χ1n) is 6.43. The summed E-state index contributed by atoms with van der Waals surface area (Å²) in [5, 5.41) is 0.749. The summed E-state index contributed by atoms with van der Waals surface area (Å²) in [5.74, 6) is 0.216. The average Bonchev–Trinajstić information content (AvgIpc) is 2.57. The van der Waals surface area contributed by atoms with Gasteiger partial charge in [-0.2, -0.15) is 8.42 Å². The van der Waals surface area contributed by atoms with E-state index in [9.17, 15) is 8.42 Å². The molecule has 0 bridgehead atoms. The first kappa shape index (κ1) is 15.4. The van der Waals surface area contributed by atoms with Gasteiger partial charge in [-0.1, -0.05) is 23.7 Å². The van der Waals surface area contributed by atoms with E-state index in [0.717, 1.165) is 11.6 Å². The molecular weight excluding hydrogens is 340 g/mol. The van der Waals surface area contributed by atoms with E-state index in [-0.39, 0.29) is 21.6 Å². The number of methoxy groups -OCH3 is 1. The van der Waals surface area contributed by atoms with Crippen molar-refractivity contribution in [3.05, 3.63) is 47.9 Å². The Morgan fingerprint density at radius 1 is 1.13 bits per heavy atom. The molecule has 0 aliphatic carbocycles. The number of benzene rings is 1. The molecule has 3 rings (SSSR count). The first-order valence-corrected chi connectivity index (χ1v) is 8.29. The van der Waals surface area contributed by atoms with Crippen LogP contribution in [0.3, 0.4) is 0 Å². The highest BCUT2D eigenvalue weighted by Gasteiger charge is 2.20. The maximum Gasteiger partial charge on any atom is 0.281 e. The SMILES string of the molecule is COc1cnc(S(=O)(=O)Nc2c(Cl)ccc3cccnc23)cn1. The van der Waals surface area contributed by atoms with Gasteiger partial charge in [0, 0.05) is 11.6 Å². The van der Waals surface area contributed by atoms with Gasteiger partial charge >= 0.3 is 0 Å². The van der Waals surface area contributed by atoms with Crippen LogP contribution in [-0.2, 0) is 10.0 Å². The topological polar surface area (TPSA) is 94.1 Å². The zero-order chi connectivity index (χ0) is 16.4. The molecule has 7 nitrogen and oxygen atoms in total. The van der Waals surface area contributed by atoms with E-state index < -0.39 is 10.0 Å². The number of nitrogens with zero attached hydrogens (tertiary/aromatic N) is 3. The molecule has 0 radical (unpaired) electrons. The highest BCUT2D eigenvalue weighted by atomic mass is 35.5. The zero-order valence-corrected chi connectivity index (χ0v) is 13.5. The van der Waals surface area contributed by atoms with Gasteiger partial charge in [-0.15, -0.1) is 0 Å². The van der Waals surface area contributed by atoms with Crippen molar-refractivity contribution in [2.75, 3.05) is 11.8 Å². The van der Waals surface area contributed by atoms with Crippen molar-refractivity contribution < 1.29 is 13.2 Å². The minimum Gasteiger partial charge on any atom is -0.480 e. The Kier molecular flexibility index (Phi) is 4.01. The molecule has 1 N–H and O–H groups in total. The average molecular weight is 351 g/mol. The van der Waals surface area contributed by atoms with Crippen LogP contribution in [-0.4, -0.2) is 30.5 Å². The minimum absolute atomic E-state index is 0.197. The summed E-state index contributed by atoms with van der Waals surface area (Å²) < 4.78 is 32.2. The predicted octanol–water partition coefficient (Wildman–Crippen LogP) is 2.49. The molecule has 23 heavy (non-hydrogen) atoms. The summed E-state index contributed by atoms with van der Waals surface area (Å²) in [5.41, 5.74) is 0.646. The number of aromatic nitrogens is 3. The number of halogens is 1. The van der Waals surface area contributed by atoms with Crippen molar-refractivity contribution >= 4 is 38.2 Å². The molecule has 0 saturated heterocycles. The highest BCUT2D eigenvalue weighted by molar-refractivity contribution is 7.92. The maximum atomic E-state index is 12.5. The minimum atomic E-state index is -3.96. The molecule has 3 aromatic rings. The Labute approximate surface area is 137 Å². The van der Waals surface area contributed by atoms with Crippen LogP contribution in [0, 0.1) is 0 Å². The summed E-state index contributed by atoms with van der Waals surface area (Å²) in [7, 11) is -2.54. The van der Waals surface area contributed by atoms with Crippen molar-refractivity contribution in [2.24, 2.45) is 0 Å². The molecule has 0 unspecified atom stereocenters. The molecule has 1 aromatic carbocycles. The van der Waals surface area contributed by atoms with E-state index in [4.69, 9.17) is 16.3 Å². The summed E-state index contributed by atoms with van der Waals surface area (Å²) in [6.45, 7) is 0. The lowest BCUT2D eigenvalue weighted by atomic mass is 10.2. The second kappa shape index (κ2) is 5.98. The lowest BCUT2D eigenvalue weighted by Crippen LogP contribution is -2.15. The van der Waals surface area contributed by atoms with Gasteiger partial charge in [0.15, 0.2) is 5.03 Å². The van der Waals surface area contributed by atoms with Crippen LogP contribution < -0.4 is 9.46 Å². The fourth-order valence-electron chi connectivity index (χ4n) is 1.95. The zero-order valence-electron chi connectivity index (χ0n) is 11.9. The van der Waals surface area contributed by atoms with Gasteiger partial charge in [-0.05, 0) is 12.1 Å². The number of hydrogen-bond acceptors (Lipinski definition) is 6. The number of sulfonamides is 1. The third-order valence-electron chi connectivity index (χ3n) is 3.05. The first-order chi connectivity index (χ1) is 11.0. The van der Waals surface area contributed by atoms with Crippen molar-refractivity contribution in [1.29, 1.82) is 0 Å². The van der Waals surface area contributed by atoms with Gasteiger partial charge in [-0.3, -0.25) is 9.71 Å². The summed E-state index contributed by atoms with van der Waals surface area (Å²) in [6.07, 6.45) is 3.88. The number of hydrogen-bond donors (Lipinski definition) is 1. The quantitative estimate of drug-likeness (QED) is 0.776. The Morgan fingerprint density at radius 2 is 1.96 bits per heavy atom. The Hall–Kier alpha value is -2.45. The number of fused-ring (bicyclic) bond motifs is 1. The molecule has 0 spiro atoms. The number of pyridine rings is 1. The van der Waals surface area contributed by atoms with Crippen LogP contribution in [0.25, 0.3) is 10.9 Å². The monoisotopic (exact) mass is 350 g/mol. The van der Waals surface area contributed by atoms with Crippen molar-refractivity contribution in [3.8, 4) is 5.88 Å². The van der Waals surface area contributed by atoms with Crippen LogP contribution in [0.4, 0.5) is 5.69 Å². The molecular formula is C14H11ClN4O3S. The van der Waals surface area contributed by atoms with E-state index in [2.05, 4.69) is 19.7 Å². The normalized spacial score (nSPS) is 11.4. The Bertz CT molecular complexity index is 961. The second-order valence-corrected chi connectivity index (χ2v) is 6.54. The third-order valence-corrected chi connectivity index (χ3v) is 4.60. The standard InChI is InChI=1S/C14H11ClN4O3S/c1-22-11-7-18-12(8-17-11)23(20,21)19-14-10(15)5-4-9-3-2-6-16-13(9)14/h2-8,19H,1H3. The molecule has 0 aliphatic heterocycles. The summed E-state index contributed by atoms with van der Waals surface area (Å²) in [4.78, 5) is 11.8. The van der Waals surface area contributed by atoms with Crippen LogP contribution in [0.5, 0.6) is 5.88 Å². The molecule has 118 valence electrons. The van der Waals surface area contributed by atoms with Gasteiger partial charge in [0.1, 0.15) is 0 Å². The molecule has 2 aromatic heterocycles. The van der Waals surface area contributed by atoms with E-state index >= 15 is 0 Å². The van der Waals surface area contributed by atoms with Gasteiger partial charge in [0.05, 0.1) is 35.7 Å². The maximum absolute atomic E-state index is 12.5. The summed E-state index contributed by atoms with van der Waals surface area (Å²) in [6, 6.07) is 6.92. The van der Waals surface area contributed by atoms with Crippen molar-refractivity contribution in [2.45, 2.75) is 5.03 Å².